The van der Waals surface area contributed by atoms with Gasteiger partial charge in [0.15, 0.2) is 0 Å². The van der Waals surface area contributed by atoms with Gasteiger partial charge < -0.3 is 15.0 Å². The fourth-order valence-corrected chi connectivity index (χ4v) is 5.39. The number of methoxy groups -OCH3 is 1. The number of sulfonamides is 1. The second-order valence-corrected chi connectivity index (χ2v) is 11.4. The van der Waals surface area contributed by atoms with Gasteiger partial charge in [0.25, 0.3) is 5.69 Å². The average Bonchev–Trinajstić information content (AvgIpc) is 2.90. The van der Waals surface area contributed by atoms with Gasteiger partial charge in [-0.2, -0.15) is 0 Å². The molecule has 13 heteroatoms. The Balaban J connectivity index is 1.97. The van der Waals surface area contributed by atoms with Gasteiger partial charge in [-0.05, 0) is 31.9 Å². The molecule has 0 heterocycles. The van der Waals surface area contributed by atoms with Crippen molar-refractivity contribution in [3.8, 4) is 5.75 Å². The fraction of sp³-hybridized carbons (Fsp3) is 0.462. The molecule has 0 spiro atoms. The Kier molecular flexibility index (Phi) is 9.84. The number of nitro groups is 1. The first-order chi connectivity index (χ1) is 18.4. The first-order valence-corrected chi connectivity index (χ1v) is 14.4. The van der Waals surface area contributed by atoms with Crippen molar-refractivity contribution in [3.05, 3.63) is 64.0 Å². The minimum absolute atomic E-state index is 0.0115. The molecule has 2 aromatic rings. The molecule has 1 aliphatic carbocycles. The topological polar surface area (TPSA) is 139 Å². The predicted octanol–water partition coefficient (Wildman–Crippen LogP) is 3.37. The lowest BCUT2D eigenvalue weighted by Gasteiger charge is -2.33. The van der Waals surface area contributed by atoms with Crippen molar-refractivity contribution in [1.29, 1.82) is 0 Å². The maximum Gasteiger partial charge on any atom is 0.271 e. The minimum Gasteiger partial charge on any atom is -0.495 e. The van der Waals surface area contributed by atoms with Crippen LogP contribution in [0, 0.1) is 15.9 Å². The van der Waals surface area contributed by atoms with E-state index in [1.807, 2.05) is 0 Å². The molecule has 1 fully saturated rings. The van der Waals surface area contributed by atoms with E-state index in [9.17, 15) is 32.5 Å². The number of anilines is 1. The van der Waals surface area contributed by atoms with E-state index in [2.05, 4.69) is 5.32 Å². The Morgan fingerprint density at radius 1 is 1.18 bits per heavy atom. The van der Waals surface area contributed by atoms with Crippen molar-refractivity contribution >= 4 is 33.2 Å². The molecule has 0 radical (unpaired) electrons. The lowest BCUT2D eigenvalue weighted by molar-refractivity contribution is -0.384. The highest BCUT2D eigenvalue weighted by atomic mass is 32.2. The van der Waals surface area contributed by atoms with E-state index in [4.69, 9.17) is 4.74 Å². The van der Waals surface area contributed by atoms with Crippen LogP contribution >= 0.6 is 0 Å². The number of carbonyl (C=O) groups is 2. The van der Waals surface area contributed by atoms with Crippen molar-refractivity contribution in [3.63, 3.8) is 0 Å². The predicted molar refractivity (Wildman–Crippen MR) is 143 cm³/mol. The maximum atomic E-state index is 14.6. The zero-order valence-corrected chi connectivity index (χ0v) is 22.9. The summed E-state index contributed by atoms with van der Waals surface area (Å²) in [5.74, 6) is -1.84. The highest BCUT2D eigenvalue weighted by Gasteiger charge is 2.33. The third-order valence-corrected chi connectivity index (χ3v) is 7.86. The van der Waals surface area contributed by atoms with E-state index in [1.54, 1.807) is 6.07 Å². The van der Waals surface area contributed by atoms with Gasteiger partial charge in [0.1, 0.15) is 29.8 Å². The molecule has 1 atom stereocenters. The summed E-state index contributed by atoms with van der Waals surface area (Å²) in [5, 5.41) is 14.3. The first kappa shape index (κ1) is 29.8. The number of carbonyl (C=O) groups excluding carboxylic acids is 2. The number of nitrogens with one attached hydrogen (secondary N) is 1. The molecule has 2 aromatic carbocycles. The third kappa shape index (κ3) is 7.65. The van der Waals surface area contributed by atoms with Crippen LogP contribution in [0.1, 0.15) is 44.6 Å². The number of benzene rings is 2. The Morgan fingerprint density at radius 3 is 2.44 bits per heavy atom. The molecular formula is C26H33FN4O7S. The first-order valence-electron chi connectivity index (χ1n) is 12.6. The lowest BCUT2D eigenvalue weighted by Crippen LogP contribution is -2.53. The molecule has 3 rings (SSSR count). The fourth-order valence-electron chi connectivity index (χ4n) is 4.54. The molecule has 39 heavy (non-hydrogen) atoms. The third-order valence-electron chi connectivity index (χ3n) is 6.74. The van der Waals surface area contributed by atoms with E-state index < -0.39 is 50.9 Å². The summed E-state index contributed by atoms with van der Waals surface area (Å²) in [5.41, 5.74) is -0.481. The van der Waals surface area contributed by atoms with E-state index >= 15 is 0 Å². The average molecular weight is 565 g/mol. The number of halogens is 1. The number of nitro benzene ring substituents is 1. The van der Waals surface area contributed by atoms with Crippen molar-refractivity contribution in [2.75, 3.05) is 24.2 Å². The summed E-state index contributed by atoms with van der Waals surface area (Å²) in [7, 11) is -2.90. The number of nitrogens with zero attached hydrogens (tertiary/aromatic N) is 3. The Morgan fingerprint density at radius 2 is 1.85 bits per heavy atom. The quantitative estimate of drug-likeness (QED) is 0.326. The number of hydrogen-bond acceptors (Lipinski definition) is 7. The zero-order chi connectivity index (χ0) is 28.7. The van der Waals surface area contributed by atoms with Gasteiger partial charge in [0.05, 0.1) is 18.3 Å². The van der Waals surface area contributed by atoms with Crippen molar-refractivity contribution in [2.45, 2.75) is 57.7 Å². The van der Waals surface area contributed by atoms with Crippen LogP contribution < -0.4 is 14.4 Å². The molecule has 1 N–H and O–H groups in total. The highest BCUT2D eigenvalue weighted by Crippen LogP contribution is 2.34. The molecule has 0 bridgehead atoms. The van der Waals surface area contributed by atoms with Crippen LogP contribution in [-0.4, -0.2) is 62.0 Å². The summed E-state index contributed by atoms with van der Waals surface area (Å²) in [6, 6.07) is 8.04. The molecule has 0 aromatic heterocycles. The van der Waals surface area contributed by atoms with E-state index in [1.165, 1.54) is 38.3 Å². The van der Waals surface area contributed by atoms with Crippen LogP contribution in [-0.2, 0) is 26.2 Å². The number of hydrogen-bond donors (Lipinski definition) is 1. The van der Waals surface area contributed by atoms with Gasteiger partial charge in [0.2, 0.25) is 21.8 Å². The number of rotatable bonds is 11. The minimum atomic E-state index is -4.16. The van der Waals surface area contributed by atoms with Crippen LogP contribution in [0.25, 0.3) is 0 Å². The summed E-state index contributed by atoms with van der Waals surface area (Å²) >= 11 is 0. The molecule has 1 saturated carbocycles. The van der Waals surface area contributed by atoms with Crippen LogP contribution in [0.15, 0.2) is 42.5 Å². The van der Waals surface area contributed by atoms with Gasteiger partial charge in [0, 0.05) is 30.3 Å². The van der Waals surface area contributed by atoms with Crippen LogP contribution in [0.5, 0.6) is 5.75 Å². The molecule has 212 valence electrons. The molecule has 0 aliphatic heterocycles. The Bertz CT molecular complexity index is 1320. The van der Waals surface area contributed by atoms with Crippen LogP contribution in [0.3, 0.4) is 0 Å². The standard InChI is InChI=1S/C26H33FN4O7S/c1-18(26(33)28-20-10-5-4-6-11-20)29(16-19-9-7-8-12-22(19)27)25(32)17-30(39(3,36)37)23-15-21(31(34)35)13-14-24(23)38-2/h7-9,12-15,18,20H,4-6,10-11,16-17H2,1-3H3,(H,28,33)/t18-/m1/s1. The molecule has 0 unspecified atom stereocenters. The van der Waals surface area contributed by atoms with Crippen LogP contribution in [0.2, 0.25) is 0 Å². The zero-order valence-electron chi connectivity index (χ0n) is 22.1. The van der Waals surface area contributed by atoms with Crippen molar-refractivity contribution in [2.24, 2.45) is 0 Å². The Hall–Kier alpha value is -3.74. The number of amides is 2. The second kappa shape index (κ2) is 12.9. The van der Waals surface area contributed by atoms with Gasteiger partial charge in [-0.25, -0.2) is 12.8 Å². The molecular weight excluding hydrogens is 531 g/mol. The normalized spacial score (nSPS) is 14.8. The van der Waals surface area contributed by atoms with Gasteiger partial charge in [-0.3, -0.25) is 24.0 Å². The monoisotopic (exact) mass is 564 g/mol. The highest BCUT2D eigenvalue weighted by molar-refractivity contribution is 7.92. The molecule has 0 saturated heterocycles. The SMILES string of the molecule is COc1ccc([N+](=O)[O-])cc1N(CC(=O)N(Cc1ccccc1F)[C@H](C)C(=O)NC1CCCCC1)S(C)(=O)=O. The largest absolute Gasteiger partial charge is 0.495 e. The number of non-ortho nitro benzene ring substituents is 1. The van der Waals surface area contributed by atoms with Crippen molar-refractivity contribution < 1.29 is 32.1 Å². The summed E-state index contributed by atoms with van der Waals surface area (Å²) in [4.78, 5) is 38.6. The maximum absolute atomic E-state index is 14.6. The molecule has 2 amide bonds. The van der Waals surface area contributed by atoms with Gasteiger partial charge >= 0.3 is 0 Å². The van der Waals surface area contributed by atoms with Gasteiger partial charge in [-0.1, -0.05) is 37.5 Å². The summed E-state index contributed by atoms with van der Waals surface area (Å²) in [6.45, 7) is 0.399. The van der Waals surface area contributed by atoms with E-state index in [0.29, 0.717) is 4.31 Å². The van der Waals surface area contributed by atoms with Crippen LogP contribution in [0.4, 0.5) is 15.8 Å². The summed E-state index contributed by atoms with van der Waals surface area (Å²) in [6.07, 6.45) is 5.51. The van der Waals surface area contributed by atoms with Gasteiger partial charge in [-0.15, -0.1) is 0 Å². The molecule has 11 nitrogen and oxygen atoms in total. The lowest BCUT2D eigenvalue weighted by atomic mass is 9.95. The Labute approximate surface area is 227 Å². The molecule has 1 aliphatic rings. The van der Waals surface area contributed by atoms with Crippen molar-refractivity contribution in [1.82, 2.24) is 10.2 Å². The van der Waals surface area contributed by atoms with E-state index in [-0.39, 0.29) is 29.6 Å². The second-order valence-electron chi connectivity index (χ2n) is 9.52. The van der Waals surface area contributed by atoms with E-state index in [0.717, 1.165) is 55.4 Å². The smallest absolute Gasteiger partial charge is 0.271 e. The number of ether oxygens (including phenoxy) is 1. The summed E-state index contributed by atoms with van der Waals surface area (Å²) < 4.78 is 46.1.